The third kappa shape index (κ3) is 1.68. The molecule has 0 saturated carbocycles. The Bertz CT molecular complexity index is 404. The molecule has 0 nitrogen and oxygen atoms in total. The highest BCUT2D eigenvalue weighted by molar-refractivity contribution is 6.21. The molecule has 0 fully saturated rings. The number of halogens is 1. The Labute approximate surface area is 104 Å². The number of benzene rings is 1. The maximum absolute atomic E-state index is 6.54. The summed E-state index contributed by atoms with van der Waals surface area (Å²) in [5.74, 6) is 0. The van der Waals surface area contributed by atoms with E-state index < -0.39 is 0 Å². The van der Waals surface area contributed by atoms with Crippen LogP contribution in [-0.2, 0) is 18.3 Å². The summed E-state index contributed by atoms with van der Waals surface area (Å²) in [5.41, 5.74) is 6.15. The zero-order valence-electron chi connectivity index (χ0n) is 10.7. The maximum Gasteiger partial charge on any atom is 0.0599 e. The Morgan fingerprint density at radius 1 is 1.19 bits per heavy atom. The van der Waals surface area contributed by atoms with Crippen LogP contribution in [0.1, 0.15) is 61.7 Å². The molecule has 0 heterocycles. The van der Waals surface area contributed by atoms with Crippen molar-refractivity contribution in [2.45, 2.75) is 57.7 Å². The highest BCUT2D eigenvalue weighted by atomic mass is 35.5. The van der Waals surface area contributed by atoms with Crippen molar-refractivity contribution >= 4 is 11.6 Å². The fourth-order valence-electron chi connectivity index (χ4n) is 3.12. The van der Waals surface area contributed by atoms with E-state index >= 15 is 0 Å². The highest BCUT2D eigenvalue weighted by Gasteiger charge is 2.38. The number of fused-ring (bicyclic) bond motifs is 1. The van der Waals surface area contributed by atoms with Gasteiger partial charge in [-0.2, -0.15) is 0 Å². The number of rotatable bonds is 2. The third-order valence-corrected chi connectivity index (χ3v) is 4.24. The summed E-state index contributed by atoms with van der Waals surface area (Å²) in [6.07, 6.45) is 3.28. The molecule has 88 valence electrons. The van der Waals surface area contributed by atoms with Gasteiger partial charge in [0.1, 0.15) is 0 Å². The second-order valence-electron chi connectivity index (χ2n) is 5.44. The number of hydrogen-bond donors (Lipinski definition) is 0. The van der Waals surface area contributed by atoms with Crippen LogP contribution < -0.4 is 0 Å². The Balaban J connectivity index is 2.69. The van der Waals surface area contributed by atoms with Gasteiger partial charge in [-0.15, -0.1) is 11.6 Å². The molecule has 1 aromatic carbocycles. The van der Waals surface area contributed by atoms with Crippen molar-refractivity contribution in [1.82, 2.24) is 0 Å². The molecule has 0 bridgehead atoms. The largest absolute Gasteiger partial charge is 0.118 e. The molecule has 2 rings (SSSR count). The minimum Gasteiger partial charge on any atom is -0.118 e. The van der Waals surface area contributed by atoms with Crippen LogP contribution in [0.2, 0.25) is 0 Å². The van der Waals surface area contributed by atoms with Crippen LogP contribution in [0.25, 0.3) is 0 Å². The lowest BCUT2D eigenvalue weighted by Crippen LogP contribution is -2.14. The number of hydrogen-bond acceptors (Lipinski definition) is 0. The van der Waals surface area contributed by atoms with Gasteiger partial charge in [-0.05, 0) is 46.9 Å². The van der Waals surface area contributed by atoms with Crippen LogP contribution in [0.3, 0.4) is 0 Å². The molecule has 1 unspecified atom stereocenters. The highest BCUT2D eigenvalue weighted by Crippen LogP contribution is 2.50. The van der Waals surface area contributed by atoms with Gasteiger partial charge in [0.2, 0.25) is 0 Å². The molecule has 1 atom stereocenters. The average molecular weight is 237 g/mol. The van der Waals surface area contributed by atoms with E-state index in [0.717, 1.165) is 19.3 Å². The van der Waals surface area contributed by atoms with Crippen LogP contribution in [0.15, 0.2) is 12.1 Å². The summed E-state index contributed by atoms with van der Waals surface area (Å²) in [4.78, 5) is 0. The molecule has 0 amide bonds. The molecule has 0 spiro atoms. The lowest BCUT2D eigenvalue weighted by molar-refractivity contribution is 0.513. The van der Waals surface area contributed by atoms with E-state index in [1.807, 2.05) is 0 Å². The van der Waals surface area contributed by atoms with E-state index in [9.17, 15) is 0 Å². The number of alkyl halides is 1. The predicted molar refractivity (Wildman–Crippen MR) is 71.4 cm³/mol. The van der Waals surface area contributed by atoms with Gasteiger partial charge in [-0.1, -0.05) is 39.8 Å². The summed E-state index contributed by atoms with van der Waals surface area (Å²) in [6.45, 7) is 9.11. The molecule has 16 heavy (non-hydrogen) atoms. The lowest BCUT2D eigenvalue weighted by Gasteiger charge is -2.22. The van der Waals surface area contributed by atoms with Gasteiger partial charge >= 0.3 is 0 Å². The SMILES string of the molecule is CCc1ccc(CC)c2c1C(Cl)CC2(C)C. The Hall–Kier alpha value is -0.490. The molecular formula is C15H21Cl. The van der Waals surface area contributed by atoms with Crippen molar-refractivity contribution in [2.24, 2.45) is 0 Å². The van der Waals surface area contributed by atoms with Gasteiger partial charge in [0, 0.05) is 0 Å². The Kier molecular flexibility index (Phi) is 3.05. The van der Waals surface area contributed by atoms with Gasteiger partial charge in [0.15, 0.2) is 0 Å². The zero-order valence-corrected chi connectivity index (χ0v) is 11.5. The zero-order chi connectivity index (χ0) is 11.9. The van der Waals surface area contributed by atoms with Gasteiger partial charge in [0.25, 0.3) is 0 Å². The first kappa shape index (κ1) is 12.0. The minimum atomic E-state index is 0.214. The van der Waals surface area contributed by atoms with Crippen molar-refractivity contribution < 1.29 is 0 Å². The second-order valence-corrected chi connectivity index (χ2v) is 5.96. The van der Waals surface area contributed by atoms with Crippen molar-refractivity contribution in [3.8, 4) is 0 Å². The molecule has 0 aliphatic heterocycles. The minimum absolute atomic E-state index is 0.214. The first-order valence-electron chi connectivity index (χ1n) is 6.30. The predicted octanol–water partition coefficient (Wildman–Crippen LogP) is 4.77. The molecular weight excluding hydrogens is 216 g/mol. The topological polar surface area (TPSA) is 0 Å². The normalized spacial score (nSPS) is 22.2. The van der Waals surface area contributed by atoms with E-state index in [4.69, 9.17) is 11.6 Å². The summed E-state index contributed by atoms with van der Waals surface area (Å²) in [6, 6.07) is 4.57. The fraction of sp³-hybridized carbons (Fsp3) is 0.600. The van der Waals surface area contributed by atoms with E-state index in [0.29, 0.717) is 0 Å². The Morgan fingerprint density at radius 3 is 2.31 bits per heavy atom. The Morgan fingerprint density at radius 2 is 1.75 bits per heavy atom. The second kappa shape index (κ2) is 4.07. The van der Waals surface area contributed by atoms with Gasteiger partial charge < -0.3 is 0 Å². The summed E-state index contributed by atoms with van der Waals surface area (Å²) >= 11 is 6.54. The fourth-order valence-corrected chi connectivity index (χ4v) is 3.75. The van der Waals surface area contributed by atoms with E-state index in [2.05, 4.69) is 39.8 Å². The lowest BCUT2D eigenvalue weighted by atomic mass is 9.82. The summed E-state index contributed by atoms with van der Waals surface area (Å²) < 4.78 is 0. The molecule has 1 heteroatoms. The quantitative estimate of drug-likeness (QED) is 0.649. The van der Waals surface area contributed by atoms with Gasteiger partial charge in [0.05, 0.1) is 5.38 Å². The van der Waals surface area contributed by atoms with E-state index in [1.165, 1.54) is 22.3 Å². The molecule has 0 radical (unpaired) electrons. The van der Waals surface area contributed by atoms with Crippen LogP contribution in [0, 0.1) is 0 Å². The smallest absolute Gasteiger partial charge is 0.0599 e. The molecule has 0 N–H and O–H groups in total. The van der Waals surface area contributed by atoms with Gasteiger partial charge in [-0.25, -0.2) is 0 Å². The van der Waals surface area contributed by atoms with Crippen LogP contribution in [0.4, 0.5) is 0 Å². The summed E-state index contributed by atoms with van der Waals surface area (Å²) in [5, 5.41) is 0.214. The maximum atomic E-state index is 6.54. The molecule has 1 aliphatic rings. The molecule has 0 saturated heterocycles. The first-order valence-corrected chi connectivity index (χ1v) is 6.74. The monoisotopic (exact) mass is 236 g/mol. The van der Waals surface area contributed by atoms with Crippen LogP contribution in [0.5, 0.6) is 0 Å². The number of aryl methyl sites for hydroxylation is 2. The average Bonchev–Trinajstić information content (AvgIpc) is 2.49. The molecule has 1 aromatic rings. The van der Waals surface area contributed by atoms with Crippen molar-refractivity contribution in [3.05, 3.63) is 34.4 Å². The van der Waals surface area contributed by atoms with Crippen LogP contribution in [-0.4, -0.2) is 0 Å². The summed E-state index contributed by atoms with van der Waals surface area (Å²) in [7, 11) is 0. The standard InChI is InChI=1S/C15H21Cl/c1-5-10-7-8-11(6-2)14-13(10)12(16)9-15(14,3)4/h7-8,12H,5-6,9H2,1-4H3. The van der Waals surface area contributed by atoms with Crippen molar-refractivity contribution in [2.75, 3.05) is 0 Å². The third-order valence-electron chi connectivity index (χ3n) is 3.86. The van der Waals surface area contributed by atoms with Crippen molar-refractivity contribution in [1.29, 1.82) is 0 Å². The van der Waals surface area contributed by atoms with Gasteiger partial charge in [-0.3, -0.25) is 0 Å². The van der Waals surface area contributed by atoms with Crippen LogP contribution >= 0.6 is 11.6 Å². The molecule has 0 aromatic heterocycles. The van der Waals surface area contributed by atoms with E-state index in [1.54, 1.807) is 0 Å². The van der Waals surface area contributed by atoms with Crippen molar-refractivity contribution in [3.63, 3.8) is 0 Å². The van der Waals surface area contributed by atoms with E-state index in [-0.39, 0.29) is 10.8 Å². The molecule has 1 aliphatic carbocycles. The first-order chi connectivity index (χ1) is 7.51.